The van der Waals surface area contributed by atoms with Gasteiger partial charge in [-0.05, 0) is 30.4 Å². The van der Waals surface area contributed by atoms with Gasteiger partial charge in [0.25, 0.3) is 0 Å². The Bertz CT molecular complexity index is 1170. The number of aromatic nitrogens is 2. The highest BCUT2D eigenvalue weighted by Gasteiger charge is 2.27. The smallest absolute Gasteiger partial charge is 0.229 e. The van der Waals surface area contributed by atoms with E-state index < -0.39 is 0 Å². The SMILES string of the molecule is COc1cc(Nc2nccc(N3CCCC(C(=O)NCC(C)c4ccccc4)C3)n2)cc(OC)c1OC. The molecular formula is C28H35N5O4. The van der Waals surface area contributed by atoms with Crippen molar-refractivity contribution < 1.29 is 19.0 Å². The molecule has 37 heavy (non-hydrogen) atoms. The van der Waals surface area contributed by atoms with Gasteiger partial charge in [-0.15, -0.1) is 0 Å². The lowest BCUT2D eigenvalue weighted by molar-refractivity contribution is -0.125. The van der Waals surface area contributed by atoms with Gasteiger partial charge in [0.1, 0.15) is 5.82 Å². The first kappa shape index (κ1) is 26.1. The number of benzene rings is 2. The van der Waals surface area contributed by atoms with Gasteiger partial charge in [-0.1, -0.05) is 37.3 Å². The summed E-state index contributed by atoms with van der Waals surface area (Å²) in [5, 5.41) is 6.38. The Balaban J connectivity index is 1.40. The van der Waals surface area contributed by atoms with Crippen LogP contribution in [0, 0.1) is 5.92 Å². The molecule has 3 aromatic rings. The average Bonchev–Trinajstić information content (AvgIpc) is 2.95. The highest BCUT2D eigenvalue weighted by atomic mass is 16.5. The molecule has 2 N–H and O–H groups in total. The molecule has 1 amide bonds. The highest BCUT2D eigenvalue weighted by molar-refractivity contribution is 5.79. The Morgan fingerprint density at radius 3 is 2.49 bits per heavy atom. The number of hydrogen-bond donors (Lipinski definition) is 2. The molecule has 9 heteroatoms. The van der Waals surface area contributed by atoms with Gasteiger partial charge < -0.3 is 29.7 Å². The Morgan fingerprint density at radius 1 is 1.08 bits per heavy atom. The van der Waals surface area contributed by atoms with E-state index in [-0.39, 0.29) is 17.7 Å². The summed E-state index contributed by atoms with van der Waals surface area (Å²) in [6.45, 7) is 4.21. The zero-order valence-corrected chi connectivity index (χ0v) is 21.9. The van der Waals surface area contributed by atoms with E-state index >= 15 is 0 Å². The number of piperidine rings is 1. The quantitative estimate of drug-likeness (QED) is 0.419. The third-order valence-corrected chi connectivity index (χ3v) is 6.63. The van der Waals surface area contributed by atoms with Crippen LogP contribution in [0.4, 0.5) is 17.5 Å². The summed E-state index contributed by atoms with van der Waals surface area (Å²) in [6.07, 6.45) is 3.50. The van der Waals surface area contributed by atoms with Gasteiger partial charge in [-0.25, -0.2) is 4.98 Å². The second-order valence-electron chi connectivity index (χ2n) is 9.12. The van der Waals surface area contributed by atoms with Crippen LogP contribution in [-0.4, -0.2) is 56.8 Å². The number of anilines is 3. The maximum absolute atomic E-state index is 13.0. The zero-order chi connectivity index (χ0) is 26.2. The third-order valence-electron chi connectivity index (χ3n) is 6.63. The average molecular weight is 506 g/mol. The van der Waals surface area contributed by atoms with Crippen LogP contribution in [0.3, 0.4) is 0 Å². The monoisotopic (exact) mass is 505 g/mol. The number of carbonyl (C=O) groups excluding carboxylic acids is 1. The van der Waals surface area contributed by atoms with Crippen LogP contribution in [-0.2, 0) is 4.79 Å². The fourth-order valence-corrected chi connectivity index (χ4v) is 4.56. The van der Waals surface area contributed by atoms with Crippen molar-refractivity contribution in [2.75, 3.05) is 51.2 Å². The predicted octanol–water partition coefficient (Wildman–Crippen LogP) is 4.38. The fraction of sp³-hybridized carbons (Fsp3) is 0.393. The first-order valence-corrected chi connectivity index (χ1v) is 12.5. The lowest BCUT2D eigenvalue weighted by Gasteiger charge is -2.33. The Morgan fingerprint density at radius 2 is 1.81 bits per heavy atom. The Hall–Kier alpha value is -4.01. The number of methoxy groups -OCH3 is 3. The molecule has 1 aliphatic rings. The molecule has 0 spiro atoms. The van der Waals surface area contributed by atoms with Crippen molar-refractivity contribution in [3.05, 3.63) is 60.3 Å². The van der Waals surface area contributed by atoms with E-state index in [1.165, 1.54) is 5.56 Å². The van der Waals surface area contributed by atoms with Gasteiger partial charge in [-0.3, -0.25) is 4.79 Å². The van der Waals surface area contributed by atoms with Crippen molar-refractivity contribution in [2.45, 2.75) is 25.7 Å². The van der Waals surface area contributed by atoms with Crippen LogP contribution in [0.15, 0.2) is 54.7 Å². The molecule has 4 rings (SSSR count). The number of hydrogen-bond acceptors (Lipinski definition) is 8. The molecule has 1 fully saturated rings. The molecule has 1 aromatic heterocycles. The standard InChI is InChI=1S/C28H35N5O4/c1-19(20-9-6-5-7-10-20)17-30-27(34)21-11-8-14-33(18-21)25-12-13-29-28(32-25)31-22-15-23(35-2)26(37-4)24(16-22)36-3/h5-7,9-10,12-13,15-16,19,21H,8,11,14,17-18H2,1-4H3,(H,30,34)(H,29,31,32). The Labute approximate surface area is 218 Å². The van der Waals surface area contributed by atoms with Crippen LogP contribution >= 0.6 is 0 Å². The first-order valence-electron chi connectivity index (χ1n) is 12.5. The summed E-state index contributed by atoms with van der Waals surface area (Å²) in [5.74, 6) is 3.07. The van der Waals surface area contributed by atoms with Crippen molar-refractivity contribution in [1.29, 1.82) is 0 Å². The topological polar surface area (TPSA) is 97.8 Å². The lowest BCUT2D eigenvalue weighted by Crippen LogP contribution is -2.44. The molecule has 196 valence electrons. The minimum absolute atomic E-state index is 0.0850. The van der Waals surface area contributed by atoms with Gasteiger partial charge in [0.2, 0.25) is 17.6 Å². The maximum atomic E-state index is 13.0. The van der Waals surface area contributed by atoms with Crippen molar-refractivity contribution in [2.24, 2.45) is 5.92 Å². The summed E-state index contributed by atoms with van der Waals surface area (Å²) in [7, 11) is 4.71. The van der Waals surface area contributed by atoms with Crippen LogP contribution in [0.2, 0.25) is 0 Å². The summed E-state index contributed by atoms with van der Waals surface area (Å²) in [6, 6.07) is 15.7. The second-order valence-corrected chi connectivity index (χ2v) is 9.12. The number of nitrogens with one attached hydrogen (secondary N) is 2. The fourth-order valence-electron chi connectivity index (χ4n) is 4.56. The van der Waals surface area contributed by atoms with E-state index in [4.69, 9.17) is 19.2 Å². The van der Waals surface area contributed by atoms with E-state index in [2.05, 4.69) is 39.6 Å². The molecule has 1 saturated heterocycles. The second kappa shape index (κ2) is 12.3. The number of ether oxygens (including phenoxy) is 3. The molecule has 2 unspecified atom stereocenters. The molecule has 1 aliphatic heterocycles. The van der Waals surface area contributed by atoms with Crippen LogP contribution in [0.1, 0.15) is 31.2 Å². The molecule has 0 bridgehead atoms. The van der Waals surface area contributed by atoms with Crippen LogP contribution in [0.5, 0.6) is 17.2 Å². The van der Waals surface area contributed by atoms with Gasteiger partial charge in [-0.2, -0.15) is 4.98 Å². The molecular weight excluding hydrogens is 470 g/mol. The summed E-state index contributed by atoms with van der Waals surface area (Å²) < 4.78 is 16.3. The molecule has 0 saturated carbocycles. The lowest BCUT2D eigenvalue weighted by atomic mass is 9.96. The summed E-state index contributed by atoms with van der Waals surface area (Å²) in [4.78, 5) is 24.2. The molecule has 0 radical (unpaired) electrons. The van der Waals surface area contributed by atoms with Crippen molar-refractivity contribution in [3.8, 4) is 17.2 Å². The van der Waals surface area contributed by atoms with Gasteiger partial charge in [0.05, 0.1) is 27.2 Å². The maximum Gasteiger partial charge on any atom is 0.229 e. The number of amides is 1. The molecule has 9 nitrogen and oxygen atoms in total. The third kappa shape index (κ3) is 6.41. The summed E-state index contributed by atoms with van der Waals surface area (Å²) >= 11 is 0. The van der Waals surface area contributed by atoms with E-state index in [9.17, 15) is 4.79 Å². The van der Waals surface area contributed by atoms with Crippen LogP contribution < -0.4 is 29.7 Å². The first-order chi connectivity index (χ1) is 18.0. The Kier molecular flexibility index (Phi) is 8.66. The predicted molar refractivity (Wildman–Crippen MR) is 144 cm³/mol. The van der Waals surface area contributed by atoms with E-state index in [0.29, 0.717) is 42.0 Å². The molecule has 2 atom stereocenters. The minimum Gasteiger partial charge on any atom is -0.493 e. The highest BCUT2D eigenvalue weighted by Crippen LogP contribution is 2.40. The van der Waals surface area contributed by atoms with E-state index in [1.807, 2.05) is 24.3 Å². The number of nitrogens with zero attached hydrogens (tertiary/aromatic N) is 3. The van der Waals surface area contributed by atoms with E-state index in [1.54, 1.807) is 39.7 Å². The number of carbonyl (C=O) groups is 1. The van der Waals surface area contributed by atoms with Gasteiger partial charge in [0, 0.05) is 43.7 Å². The minimum atomic E-state index is -0.0850. The normalized spacial score (nSPS) is 16.0. The number of rotatable bonds is 10. The molecule has 2 aromatic carbocycles. The van der Waals surface area contributed by atoms with Crippen molar-refractivity contribution in [1.82, 2.24) is 15.3 Å². The molecule has 0 aliphatic carbocycles. The van der Waals surface area contributed by atoms with Gasteiger partial charge in [0.15, 0.2) is 11.5 Å². The molecule has 2 heterocycles. The van der Waals surface area contributed by atoms with Crippen LogP contribution in [0.25, 0.3) is 0 Å². The van der Waals surface area contributed by atoms with E-state index in [0.717, 1.165) is 25.2 Å². The zero-order valence-electron chi connectivity index (χ0n) is 21.9. The van der Waals surface area contributed by atoms with Crippen molar-refractivity contribution in [3.63, 3.8) is 0 Å². The van der Waals surface area contributed by atoms with Crippen molar-refractivity contribution >= 4 is 23.4 Å². The summed E-state index contributed by atoms with van der Waals surface area (Å²) in [5.41, 5.74) is 1.93. The van der Waals surface area contributed by atoms with Gasteiger partial charge >= 0.3 is 0 Å². The largest absolute Gasteiger partial charge is 0.493 e.